The number of pyridine rings is 2. The molecule has 0 bridgehead atoms. The van der Waals surface area contributed by atoms with E-state index in [-0.39, 0.29) is 5.75 Å². The molecule has 4 nitrogen and oxygen atoms in total. The first-order valence-electron chi connectivity index (χ1n) is 5.57. The largest absolute Gasteiger partial charge is 0.264 e. The summed E-state index contributed by atoms with van der Waals surface area (Å²) >= 11 is 0. The number of rotatable bonds is 4. The zero-order valence-electron chi connectivity index (χ0n) is 10.1. The average Bonchev–Trinajstić information content (AvgIpc) is 2.37. The lowest BCUT2D eigenvalue weighted by Gasteiger charge is -2.08. The Morgan fingerprint density at radius 1 is 1.11 bits per heavy atom. The summed E-state index contributed by atoms with van der Waals surface area (Å²) in [6.07, 6.45) is 8.60. The lowest BCUT2D eigenvalue weighted by atomic mass is 10.0. The van der Waals surface area contributed by atoms with E-state index in [1.807, 2.05) is 18.2 Å². The second-order valence-electron chi connectivity index (χ2n) is 4.15. The van der Waals surface area contributed by atoms with Gasteiger partial charge in [0, 0.05) is 36.6 Å². The first-order valence-corrected chi connectivity index (χ1v) is 7.63. The quantitative estimate of drug-likeness (QED) is 0.842. The van der Waals surface area contributed by atoms with Crippen LogP contribution >= 0.6 is 0 Å². The fraction of sp³-hybridized carbons (Fsp3) is 0.231. The molecule has 0 unspecified atom stereocenters. The van der Waals surface area contributed by atoms with E-state index in [9.17, 15) is 8.42 Å². The number of nitrogens with zero attached hydrogens (tertiary/aromatic N) is 2. The average molecular weight is 262 g/mol. The van der Waals surface area contributed by atoms with Gasteiger partial charge in [-0.1, -0.05) is 6.07 Å². The van der Waals surface area contributed by atoms with E-state index in [1.54, 1.807) is 24.8 Å². The van der Waals surface area contributed by atoms with Crippen molar-refractivity contribution in [3.05, 3.63) is 48.5 Å². The minimum absolute atomic E-state index is 0.131. The molecule has 0 aliphatic rings. The fourth-order valence-corrected chi connectivity index (χ4v) is 2.32. The van der Waals surface area contributed by atoms with Crippen LogP contribution < -0.4 is 0 Å². The molecule has 0 aliphatic carbocycles. The standard InChI is InChI=1S/C13H14N2O2S/c1-18(16,17)8-5-12-10-15-7-4-13(12)11-3-2-6-14-9-11/h2-4,6-7,9-10H,5,8H2,1H3. The van der Waals surface area contributed by atoms with Gasteiger partial charge in [0.25, 0.3) is 0 Å². The Hall–Kier alpha value is -1.75. The lowest BCUT2D eigenvalue weighted by Crippen LogP contribution is -2.07. The van der Waals surface area contributed by atoms with E-state index in [4.69, 9.17) is 0 Å². The second kappa shape index (κ2) is 5.27. The second-order valence-corrected chi connectivity index (χ2v) is 6.41. The third-order valence-electron chi connectivity index (χ3n) is 2.62. The van der Waals surface area contributed by atoms with Crippen molar-refractivity contribution in [2.45, 2.75) is 6.42 Å². The molecule has 2 rings (SSSR count). The zero-order valence-corrected chi connectivity index (χ0v) is 10.9. The SMILES string of the molecule is CS(=O)(=O)CCc1cnccc1-c1cccnc1. The lowest BCUT2D eigenvalue weighted by molar-refractivity contribution is 0.601. The number of hydrogen-bond donors (Lipinski definition) is 0. The number of aryl methyl sites for hydroxylation is 1. The van der Waals surface area contributed by atoms with E-state index in [1.165, 1.54) is 6.26 Å². The predicted molar refractivity (Wildman–Crippen MR) is 70.9 cm³/mol. The van der Waals surface area contributed by atoms with Crippen LogP contribution in [0.25, 0.3) is 11.1 Å². The van der Waals surface area contributed by atoms with Crippen LogP contribution in [-0.2, 0) is 16.3 Å². The molecule has 0 radical (unpaired) electrons. The molecule has 18 heavy (non-hydrogen) atoms. The maximum absolute atomic E-state index is 11.2. The first kappa shape index (κ1) is 12.7. The van der Waals surface area contributed by atoms with Crippen molar-refractivity contribution in [3.8, 4) is 11.1 Å². The molecule has 0 N–H and O–H groups in total. The summed E-state index contributed by atoms with van der Waals surface area (Å²) in [6.45, 7) is 0. The Morgan fingerprint density at radius 3 is 2.56 bits per heavy atom. The van der Waals surface area contributed by atoms with E-state index in [2.05, 4.69) is 9.97 Å². The van der Waals surface area contributed by atoms with Crippen LogP contribution in [0.3, 0.4) is 0 Å². The molecule has 2 heterocycles. The summed E-state index contributed by atoms with van der Waals surface area (Å²) in [5.41, 5.74) is 2.89. The predicted octanol–water partition coefficient (Wildman–Crippen LogP) is 1.73. The van der Waals surface area contributed by atoms with E-state index in [0.717, 1.165) is 16.7 Å². The van der Waals surface area contributed by atoms with Gasteiger partial charge in [-0.25, -0.2) is 8.42 Å². The highest BCUT2D eigenvalue weighted by molar-refractivity contribution is 7.90. The van der Waals surface area contributed by atoms with Crippen LogP contribution in [0.2, 0.25) is 0 Å². The molecule has 0 saturated heterocycles. The van der Waals surface area contributed by atoms with Crippen LogP contribution in [0.1, 0.15) is 5.56 Å². The summed E-state index contributed by atoms with van der Waals surface area (Å²) in [6, 6.07) is 5.69. The molecule has 0 amide bonds. The Balaban J connectivity index is 2.32. The van der Waals surface area contributed by atoms with Gasteiger partial charge in [-0.15, -0.1) is 0 Å². The molecule has 0 spiro atoms. The monoisotopic (exact) mass is 262 g/mol. The molecule has 0 aromatic carbocycles. The number of sulfone groups is 1. The Kier molecular flexibility index (Phi) is 3.72. The van der Waals surface area contributed by atoms with Crippen LogP contribution in [0, 0.1) is 0 Å². The highest BCUT2D eigenvalue weighted by atomic mass is 32.2. The van der Waals surface area contributed by atoms with Gasteiger partial charge in [0.15, 0.2) is 0 Å². The minimum atomic E-state index is -2.96. The topological polar surface area (TPSA) is 59.9 Å². The number of hydrogen-bond acceptors (Lipinski definition) is 4. The molecule has 0 fully saturated rings. The Labute approximate surface area is 107 Å². The van der Waals surface area contributed by atoms with Gasteiger partial charge < -0.3 is 0 Å². The zero-order chi connectivity index (χ0) is 13.0. The normalized spacial score (nSPS) is 11.4. The van der Waals surface area contributed by atoms with Gasteiger partial charge >= 0.3 is 0 Å². The van der Waals surface area contributed by atoms with Gasteiger partial charge in [-0.2, -0.15) is 0 Å². The third-order valence-corrected chi connectivity index (χ3v) is 3.56. The van der Waals surface area contributed by atoms with Gasteiger partial charge in [-0.3, -0.25) is 9.97 Å². The summed E-state index contributed by atoms with van der Waals surface area (Å²) in [7, 11) is -2.96. The van der Waals surface area contributed by atoms with Gasteiger partial charge in [0.05, 0.1) is 5.75 Å². The highest BCUT2D eigenvalue weighted by Gasteiger charge is 2.08. The van der Waals surface area contributed by atoms with Crippen molar-refractivity contribution in [1.29, 1.82) is 0 Å². The van der Waals surface area contributed by atoms with Crippen LogP contribution in [0.4, 0.5) is 0 Å². The first-order chi connectivity index (χ1) is 8.56. The van der Waals surface area contributed by atoms with Crippen molar-refractivity contribution in [2.75, 3.05) is 12.0 Å². The minimum Gasteiger partial charge on any atom is -0.264 e. The Bertz CT molecular complexity index is 624. The van der Waals surface area contributed by atoms with Crippen molar-refractivity contribution >= 4 is 9.84 Å². The van der Waals surface area contributed by atoms with E-state index < -0.39 is 9.84 Å². The molecular weight excluding hydrogens is 248 g/mol. The van der Waals surface area contributed by atoms with Gasteiger partial charge in [-0.05, 0) is 29.7 Å². The van der Waals surface area contributed by atoms with Gasteiger partial charge in [0.2, 0.25) is 0 Å². The van der Waals surface area contributed by atoms with E-state index >= 15 is 0 Å². The molecule has 5 heteroatoms. The smallest absolute Gasteiger partial charge is 0.147 e. The maximum atomic E-state index is 11.2. The third kappa shape index (κ3) is 3.37. The maximum Gasteiger partial charge on any atom is 0.147 e. The highest BCUT2D eigenvalue weighted by Crippen LogP contribution is 2.22. The summed E-state index contributed by atoms with van der Waals surface area (Å²) < 4.78 is 22.4. The molecule has 0 aliphatic heterocycles. The molecule has 0 saturated carbocycles. The molecule has 2 aromatic heterocycles. The Morgan fingerprint density at radius 2 is 1.89 bits per heavy atom. The van der Waals surface area contributed by atoms with Crippen molar-refractivity contribution in [2.24, 2.45) is 0 Å². The van der Waals surface area contributed by atoms with E-state index in [0.29, 0.717) is 6.42 Å². The van der Waals surface area contributed by atoms with Gasteiger partial charge in [0.1, 0.15) is 9.84 Å². The van der Waals surface area contributed by atoms with Crippen LogP contribution in [0.15, 0.2) is 43.0 Å². The van der Waals surface area contributed by atoms with Crippen LogP contribution in [-0.4, -0.2) is 30.4 Å². The van der Waals surface area contributed by atoms with Crippen molar-refractivity contribution in [3.63, 3.8) is 0 Å². The van der Waals surface area contributed by atoms with Crippen LogP contribution in [0.5, 0.6) is 0 Å². The molecule has 2 aromatic rings. The molecular formula is C13H14N2O2S. The van der Waals surface area contributed by atoms with Crippen molar-refractivity contribution < 1.29 is 8.42 Å². The molecule has 0 atom stereocenters. The number of aromatic nitrogens is 2. The molecule has 94 valence electrons. The summed E-state index contributed by atoms with van der Waals surface area (Å²) in [4.78, 5) is 8.13. The van der Waals surface area contributed by atoms with Crippen molar-refractivity contribution in [1.82, 2.24) is 9.97 Å². The fourth-order valence-electron chi connectivity index (χ4n) is 1.73. The summed E-state index contributed by atoms with van der Waals surface area (Å²) in [5, 5.41) is 0. The summed E-state index contributed by atoms with van der Waals surface area (Å²) in [5.74, 6) is 0.131.